The first-order valence-corrected chi connectivity index (χ1v) is 7.54. The Labute approximate surface area is 115 Å². The molecule has 1 aromatic rings. The third-order valence-electron chi connectivity index (χ3n) is 4.76. The van der Waals surface area contributed by atoms with Crippen LogP contribution in [-0.4, -0.2) is 30.1 Å². The van der Waals surface area contributed by atoms with Crippen LogP contribution < -0.4 is 10.2 Å². The first kappa shape index (κ1) is 12.7. The minimum Gasteiger partial charge on any atom is -0.359 e. The molecule has 19 heavy (non-hydrogen) atoms. The monoisotopic (exact) mass is 260 g/mol. The normalized spacial score (nSPS) is 28.6. The predicted octanol–water partition coefficient (Wildman–Crippen LogP) is 2.78. The molecule has 3 rings (SSSR count). The second-order valence-corrected chi connectivity index (χ2v) is 6.08. The van der Waals surface area contributed by atoms with Crippen molar-refractivity contribution in [3.63, 3.8) is 0 Å². The van der Waals surface area contributed by atoms with Gasteiger partial charge < -0.3 is 10.2 Å². The second kappa shape index (κ2) is 5.35. The maximum atomic E-state index is 4.57. The molecule has 0 amide bonds. The van der Waals surface area contributed by atoms with Crippen molar-refractivity contribution in [1.29, 1.82) is 0 Å². The summed E-state index contributed by atoms with van der Waals surface area (Å²) in [6.07, 6.45) is 7.68. The Morgan fingerprint density at radius 1 is 1.37 bits per heavy atom. The summed E-state index contributed by atoms with van der Waals surface area (Å²) in [6, 6.07) is 2.01. The fourth-order valence-corrected chi connectivity index (χ4v) is 3.85. The van der Waals surface area contributed by atoms with Crippen LogP contribution >= 0.6 is 0 Å². The Bertz CT molecular complexity index is 434. The highest BCUT2D eigenvalue weighted by Crippen LogP contribution is 2.48. The van der Waals surface area contributed by atoms with Gasteiger partial charge in [-0.25, -0.2) is 4.98 Å². The molecule has 4 heteroatoms. The van der Waals surface area contributed by atoms with Gasteiger partial charge in [0.2, 0.25) is 5.95 Å². The van der Waals surface area contributed by atoms with Crippen molar-refractivity contribution < 1.29 is 0 Å². The third kappa shape index (κ3) is 2.67. The molecule has 1 aromatic heterocycles. The Morgan fingerprint density at radius 2 is 2.26 bits per heavy atom. The van der Waals surface area contributed by atoms with Gasteiger partial charge in [-0.3, -0.25) is 0 Å². The van der Waals surface area contributed by atoms with Gasteiger partial charge in [0.05, 0.1) is 0 Å². The fourth-order valence-electron chi connectivity index (χ4n) is 3.85. The van der Waals surface area contributed by atoms with Crippen LogP contribution in [0.3, 0.4) is 0 Å². The number of hydrogen-bond donors (Lipinski definition) is 1. The zero-order valence-corrected chi connectivity index (χ0v) is 12.0. The average Bonchev–Trinajstić information content (AvgIpc) is 3.02. The zero-order valence-electron chi connectivity index (χ0n) is 12.0. The molecule has 0 saturated heterocycles. The minimum atomic E-state index is 0.736. The van der Waals surface area contributed by atoms with Crippen molar-refractivity contribution in [2.45, 2.75) is 32.6 Å². The van der Waals surface area contributed by atoms with Crippen LogP contribution in [0.15, 0.2) is 12.3 Å². The van der Waals surface area contributed by atoms with Crippen LogP contribution in [0.25, 0.3) is 0 Å². The number of nitrogens with one attached hydrogen (secondary N) is 1. The Kier molecular flexibility index (Phi) is 3.58. The van der Waals surface area contributed by atoms with Crippen LogP contribution in [-0.2, 0) is 0 Å². The van der Waals surface area contributed by atoms with E-state index in [1.807, 2.05) is 12.3 Å². The summed E-state index contributed by atoms with van der Waals surface area (Å²) in [5, 5.41) is 3.17. The lowest BCUT2D eigenvalue weighted by molar-refractivity contribution is 0.337. The van der Waals surface area contributed by atoms with E-state index in [1.165, 1.54) is 25.7 Å². The van der Waals surface area contributed by atoms with E-state index in [4.69, 9.17) is 0 Å². The van der Waals surface area contributed by atoms with Crippen molar-refractivity contribution in [1.82, 2.24) is 9.97 Å². The highest BCUT2D eigenvalue weighted by Gasteiger charge is 2.39. The lowest BCUT2D eigenvalue weighted by Crippen LogP contribution is -2.29. The maximum Gasteiger partial charge on any atom is 0.224 e. The molecule has 104 valence electrons. The summed E-state index contributed by atoms with van der Waals surface area (Å²) in [4.78, 5) is 11.1. The number of nitrogens with zero attached hydrogens (tertiary/aromatic N) is 3. The molecule has 3 atom stereocenters. The molecule has 1 N–H and O–H groups in total. The number of anilines is 2. The molecular weight excluding hydrogens is 236 g/mol. The van der Waals surface area contributed by atoms with Gasteiger partial charge >= 0.3 is 0 Å². The average molecular weight is 260 g/mol. The lowest BCUT2D eigenvalue weighted by atomic mass is 9.88. The zero-order chi connectivity index (χ0) is 13.2. The summed E-state index contributed by atoms with van der Waals surface area (Å²) in [6.45, 7) is 4.07. The Morgan fingerprint density at radius 3 is 2.95 bits per heavy atom. The number of hydrogen-bond acceptors (Lipinski definition) is 4. The van der Waals surface area contributed by atoms with Crippen LogP contribution in [0.4, 0.5) is 11.8 Å². The van der Waals surface area contributed by atoms with Crippen LogP contribution in [0.5, 0.6) is 0 Å². The lowest BCUT2D eigenvalue weighted by Gasteiger charge is -2.28. The largest absolute Gasteiger partial charge is 0.359 e. The molecule has 2 aliphatic rings. The van der Waals surface area contributed by atoms with Crippen molar-refractivity contribution in [3.05, 3.63) is 12.3 Å². The molecule has 0 aliphatic heterocycles. The SMILES string of the molecule is CCNc1nccc(N(C)CC2CC3CCC2C3)n1. The molecule has 2 aliphatic carbocycles. The molecule has 2 fully saturated rings. The first-order chi connectivity index (χ1) is 9.26. The minimum absolute atomic E-state index is 0.736. The smallest absolute Gasteiger partial charge is 0.224 e. The van der Waals surface area contributed by atoms with E-state index in [0.717, 1.165) is 42.6 Å². The molecule has 2 saturated carbocycles. The molecule has 3 unspecified atom stereocenters. The number of fused-ring (bicyclic) bond motifs is 2. The van der Waals surface area contributed by atoms with Gasteiger partial charge in [-0.15, -0.1) is 0 Å². The van der Waals surface area contributed by atoms with E-state index in [1.54, 1.807) is 0 Å². The third-order valence-corrected chi connectivity index (χ3v) is 4.76. The van der Waals surface area contributed by atoms with Crippen molar-refractivity contribution >= 4 is 11.8 Å². The van der Waals surface area contributed by atoms with Crippen molar-refractivity contribution in [2.24, 2.45) is 17.8 Å². The molecule has 0 radical (unpaired) electrons. The molecule has 0 spiro atoms. The molecule has 4 nitrogen and oxygen atoms in total. The number of aromatic nitrogens is 2. The summed E-state index contributed by atoms with van der Waals surface area (Å²) >= 11 is 0. The van der Waals surface area contributed by atoms with E-state index in [9.17, 15) is 0 Å². The Hall–Kier alpha value is -1.32. The standard InChI is InChI=1S/C15H24N4/c1-3-16-15-17-7-6-14(18-15)19(2)10-13-9-11-4-5-12(13)8-11/h6-7,11-13H,3-5,8-10H2,1-2H3,(H,16,17,18). The van der Waals surface area contributed by atoms with Gasteiger partial charge in [-0.1, -0.05) is 6.42 Å². The molecule has 1 heterocycles. The van der Waals surface area contributed by atoms with Crippen molar-refractivity contribution in [2.75, 3.05) is 30.4 Å². The highest BCUT2D eigenvalue weighted by atomic mass is 15.2. The van der Waals surface area contributed by atoms with E-state index >= 15 is 0 Å². The van der Waals surface area contributed by atoms with Gasteiger partial charge in [-0.2, -0.15) is 4.98 Å². The van der Waals surface area contributed by atoms with E-state index in [0.29, 0.717) is 0 Å². The van der Waals surface area contributed by atoms with Crippen LogP contribution in [0.1, 0.15) is 32.6 Å². The molecule has 2 bridgehead atoms. The van der Waals surface area contributed by atoms with Gasteiger partial charge in [0, 0.05) is 26.3 Å². The maximum absolute atomic E-state index is 4.57. The van der Waals surface area contributed by atoms with Crippen molar-refractivity contribution in [3.8, 4) is 0 Å². The highest BCUT2D eigenvalue weighted by molar-refractivity contribution is 5.41. The van der Waals surface area contributed by atoms with E-state index in [2.05, 4.69) is 34.2 Å². The predicted molar refractivity (Wildman–Crippen MR) is 78.4 cm³/mol. The van der Waals surface area contributed by atoms with E-state index in [-0.39, 0.29) is 0 Å². The van der Waals surface area contributed by atoms with Crippen LogP contribution in [0.2, 0.25) is 0 Å². The van der Waals surface area contributed by atoms with Gasteiger partial charge in [-0.05, 0) is 50.0 Å². The summed E-state index contributed by atoms with van der Waals surface area (Å²) in [7, 11) is 2.16. The first-order valence-electron chi connectivity index (χ1n) is 7.54. The second-order valence-electron chi connectivity index (χ2n) is 6.08. The van der Waals surface area contributed by atoms with Crippen LogP contribution in [0, 0.1) is 17.8 Å². The summed E-state index contributed by atoms with van der Waals surface area (Å²) in [5.41, 5.74) is 0. The Balaban J connectivity index is 1.63. The van der Waals surface area contributed by atoms with Gasteiger partial charge in [0.1, 0.15) is 5.82 Å². The fraction of sp³-hybridized carbons (Fsp3) is 0.733. The van der Waals surface area contributed by atoms with Gasteiger partial charge in [0.25, 0.3) is 0 Å². The molecular formula is C15H24N4. The molecule has 0 aromatic carbocycles. The summed E-state index contributed by atoms with van der Waals surface area (Å²) in [5.74, 6) is 4.64. The van der Waals surface area contributed by atoms with E-state index < -0.39 is 0 Å². The summed E-state index contributed by atoms with van der Waals surface area (Å²) < 4.78 is 0. The number of rotatable bonds is 5. The van der Waals surface area contributed by atoms with Gasteiger partial charge in [0.15, 0.2) is 0 Å². The topological polar surface area (TPSA) is 41.1 Å². The quantitative estimate of drug-likeness (QED) is 0.884.